The fourth-order valence-electron chi connectivity index (χ4n) is 1.36. The van der Waals surface area contributed by atoms with Crippen LogP contribution in [0.3, 0.4) is 0 Å². The first kappa shape index (κ1) is 14.1. The molecule has 0 spiro atoms. The minimum atomic E-state index is -0.575. The number of ketones is 2. The Morgan fingerprint density at radius 2 is 1.83 bits per heavy atom. The van der Waals surface area contributed by atoms with E-state index in [1.54, 1.807) is 0 Å². The predicted molar refractivity (Wildman–Crippen MR) is 67.4 cm³/mol. The molecular formula is C12H10ClNO4. The van der Waals surface area contributed by atoms with Gasteiger partial charge in [0.1, 0.15) is 0 Å². The van der Waals surface area contributed by atoms with Crippen LogP contribution in [-0.4, -0.2) is 16.5 Å². The van der Waals surface area contributed by atoms with Crippen LogP contribution >= 0.6 is 11.6 Å². The highest BCUT2D eigenvalue weighted by Crippen LogP contribution is 2.24. The van der Waals surface area contributed by atoms with Crippen molar-refractivity contribution in [2.24, 2.45) is 0 Å². The van der Waals surface area contributed by atoms with Gasteiger partial charge in [0.15, 0.2) is 11.6 Å². The number of Topliss-reactive ketones (excluding diaryl/α,β-unsaturated/α-hetero) is 2. The summed E-state index contributed by atoms with van der Waals surface area (Å²) in [6, 6.07) is 3.82. The van der Waals surface area contributed by atoms with Gasteiger partial charge in [-0.05, 0) is 26.0 Å². The number of non-ortho nitro benzene ring substituents is 1. The van der Waals surface area contributed by atoms with Gasteiger partial charge >= 0.3 is 0 Å². The molecule has 0 bridgehead atoms. The molecule has 0 aliphatic carbocycles. The van der Waals surface area contributed by atoms with Crippen LogP contribution in [0.4, 0.5) is 5.69 Å². The number of carbonyl (C=O) groups is 2. The molecule has 0 unspecified atom stereocenters. The molecule has 18 heavy (non-hydrogen) atoms. The summed E-state index contributed by atoms with van der Waals surface area (Å²) in [6.07, 6.45) is 1.26. The van der Waals surface area contributed by atoms with Gasteiger partial charge in [0.2, 0.25) is 0 Å². The zero-order valence-electron chi connectivity index (χ0n) is 9.77. The Morgan fingerprint density at radius 3 is 2.28 bits per heavy atom. The lowest BCUT2D eigenvalue weighted by atomic mass is 10.0. The largest absolute Gasteiger partial charge is 0.294 e. The molecule has 0 amide bonds. The number of rotatable bonds is 4. The number of carbonyl (C=O) groups excluding carboxylic acids is 2. The van der Waals surface area contributed by atoms with Crippen LogP contribution in [0, 0.1) is 10.1 Å². The predicted octanol–water partition coefficient (Wildman–Crippen LogP) is 2.81. The van der Waals surface area contributed by atoms with E-state index in [0.717, 1.165) is 0 Å². The molecule has 6 heteroatoms. The summed E-state index contributed by atoms with van der Waals surface area (Å²) in [7, 11) is 0. The van der Waals surface area contributed by atoms with Gasteiger partial charge in [0.25, 0.3) is 5.69 Å². The Morgan fingerprint density at radius 1 is 1.28 bits per heavy atom. The quantitative estimate of drug-likeness (QED) is 0.276. The zero-order valence-corrected chi connectivity index (χ0v) is 10.5. The lowest BCUT2D eigenvalue weighted by Crippen LogP contribution is -2.05. The van der Waals surface area contributed by atoms with Crippen LogP contribution in [0.2, 0.25) is 5.02 Å². The summed E-state index contributed by atoms with van der Waals surface area (Å²) in [5.74, 6) is -0.824. The molecule has 0 aromatic heterocycles. The van der Waals surface area contributed by atoms with Gasteiger partial charge in [-0.2, -0.15) is 0 Å². The molecule has 1 aromatic carbocycles. The topological polar surface area (TPSA) is 77.3 Å². The number of halogens is 1. The number of hydrogen-bond donors (Lipinski definition) is 0. The summed E-state index contributed by atoms with van der Waals surface area (Å²) in [5.41, 5.74) is 0.0702. The van der Waals surface area contributed by atoms with Crippen LogP contribution in [0.1, 0.15) is 19.4 Å². The van der Waals surface area contributed by atoms with Gasteiger partial charge in [-0.15, -0.1) is 0 Å². The average Bonchev–Trinajstić information content (AvgIpc) is 2.26. The van der Waals surface area contributed by atoms with Gasteiger partial charge in [0.05, 0.1) is 10.5 Å². The van der Waals surface area contributed by atoms with Gasteiger partial charge in [-0.25, -0.2) is 0 Å². The smallest absolute Gasteiger partial charge is 0.270 e. The Kier molecular flexibility index (Phi) is 4.33. The molecule has 0 saturated carbocycles. The number of nitrogens with zero attached hydrogens (tertiary/aromatic N) is 1. The van der Waals surface area contributed by atoms with E-state index < -0.39 is 16.5 Å². The van der Waals surface area contributed by atoms with Crippen LogP contribution in [0.15, 0.2) is 23.8 Å². The Bertz CT molecular complexity index is 547. The third-order valence-electron chi connectivity index (χ3n) is 2.25. The van der Waals surface area contributed by atoms with Gasteiger partial charge < -0.3 is 0 Å². The van der Waals surface area contributed by atoms with E-state index in [9.17, 15) is 19.7 Å². The lowest BCUT2D eigenvalue weighted by molar-refractivity contribution is -0.384. The molecule has 0 heterocycles. The summed E-state index contributed by atoms with van der Waals surface area (Å²) < 4.78 is 0. The second-order valence-corrected chi connectivity index (χ2v) is 4.04. The number of hydrogen-bond acceptors (Lipinski definition) is 4. The highest BCUT2D eigenvalue weighted by Gasteiger charge is 2.13. The minimum absolute atomic E-state index is 0.0441. The molecule has 94 valence electrons. The Balaban J connectivity index is 3.36. The first-order chi connectivity index (χ1) is 8.32. The molecule has 0 saturated heterocycles. The number of benzene rings is 1. The molecule has 0 radical (unpaired) electrons. The van der Waals surface area contributed by atoms with E-state index in [1.165, 1.54) is 38.1 Å². The first-order valence-corrected chi connectivity index (χ1v) is 5.38. The minimum Gasteiger partial charge on any atom is -0.294 e. The monoisotopic (exact) mass is 267 g/mol. The summed E-state index contributed by atoms with van der Waals surface area (Å²) >= 11 is 5.86. The van der Waals surface area contributed by atoms with E-state index in [0.29, 0.717) is 0 Å². The molecule has 1 aromatic rings. The zero-order chi connectivity index (χ0) is 13.9. The second kappa shape index (κ2) is 5.55. The van der Waals surface area contributed by atoms with Crippen molar-refractivity contribution < 1.29 is 14.5 Å². The molecule has 0 aliphatic rings. The molecule has 0 atom stereocenters. The van der Waals surface area contributed by atoms with E-state index in [-0.39, 0.29) is 21.8 Å². The van der Waals surface area contributed by atoms with E-state index in [2.05, 4.69) is 0 Å². The molecule has 5 nitrogen and oxygen atoms in total. The third kappa shape index (κ3) is 3.24. The van der Waals surface area contributed by atoms with Crippen LogP contribution in [0.25, 0.3) is 6.08 Å². The summed E-state index contributed by atoms with van der Waals surface area (Å²) in [5, 5.41) is 10.9. The van der Waals surface area contributed by atoms with Crippen molar-refractivity contribution in [1.82, 2.24) is 0 Å². The normalized spacial score (nSPS) is 9.72. The third-order valence-corrected chi connectivity index (χ3v) is 2.59. The maximum absolute atomic E-state index is 11.3. The number of allylic oxidation sites excluding steroid dienone is 1. The lowest BCUT2D eigenvalue weighted by Gasteiger charge is -2.01. The van der Waals surface area contributed by atoms with Crippen molar-refractivity contribution in [3.05, 3.63) is 44.5 Å². The fraction of sp³-hybridized carbons (Fsp3) is 0.167. The van der Waals surface area contributed by atoms with Crippen LogP contribution in [0.5, 0.6) is 0 Å². The van der Waals surface area contributed by atoms with E-state index >= 15 is 0 Å². The SMILES string of the molecule is CC(=O)C(=Cc1cc([N+](=O)[O-])ccc1Cl)C(C)=O. The molecule has 0 N–H and O–H groups in total. The molecule has 0 fully saturated rings. The van der Waals surface area contributed by atoms with E-state index in [4.69, 9.17) is 11.6 Å². The Hall–Kier alpha value is -2.01. The maximum Gasteiger partial charge on any atom is 0.270 e. The highest BCUT2D eigenvalue weighted by molar-refractivity contribution is 6.32. The van der Waals surface area contributed by atoms with Gasteiger partial charge in [0, 0.05) is 22.7 Å². The fourth-order valence-corrected chi connectivity index (χ4v) is 1.53. The summed E-state index contributed by atoms with van der Waals surface area (Å²) in [6.45, 7) is 2.50. The first-order valence-electron chi connectivity index (χ1n) is 5.00. The van der Waals surface area contributed by atoms with Crippen LogP contribution < -0.4 is 0 Å². The standard InChI is InChI=1S/C12H10ClNO4/c1-7(15)11(8(2)16)6-9-5-10(14(17)18)3-4-12(9)13/h3-6H,1-2H3. The van der Waals surface area contributed by atoms with Crippen LogP contribution in [-0.2, 0) is 9.59 Å². The summed E-state index contributed by atoms with van der Waals surface area (Å²) in [4.78, 5) is 32.6. The van der Waals surface area contributed by atoms with Gasteiger partial charge in [-0.1, -0.05) is 11.6 Å². The van der Waals surface area contributed by atoms with Crippen molar-refractivity contribution in [2.75, 3.05) is 0 Å². The van der Waals surface area contributed by atoms with Crippen molar-refractivity contribution in [2.45, 2.75) is 13.8 Å². The van der Waals surface area contributed by atoms with Gasteiger partial charge in [-0.3, -0.25) is 19.7 Å². The Labute approximate surface area is 108 Å². The highest BCUT2D eigenvalue weighted by atomic mass is 35.5. The van der Waals surface area contributed by atoms with Crippen molar-refractivity contribution in [1.29, 1.82) is 0 Å². The number of nitro benzene ring substituents is 1. The van der Waals surface area contributed by atoms with Crippen molar-refractivity contribution in [3.63, 3.8) is 0 Å². The number of nitro groups is 1. The maximum atomic E-state index is 11.3. The molecule has 1 rings (SSSR count). The van der Waals surface area contributed by atoms with Crippen molar-refractivity contribution in [3.8, 4) is 0 Å². The average molecular weight is 268 g/mol. The molecule has 0 aliphatic heterocycles. The van der Waals surface area contributed by atoms with E-state index in [1.807, 2.05) is 0 Å². The molecular weight excluding hydrogens is 258 g/mol. The second-order valence-electron chi connectivity index (χ2n) is 3.63. The van der Waals surface area contributed by atoms with Crippen molar-refractivity contribution >= 4 is 34.9 Å².